The van der Waals surface area contributed by atoms with Gasteiger partial charge in [-0.25, -0.2) is 0 Å². The van der Waals surface area contributed by atoms with Gasteiger partial charge in [-0.05, 0) is 0 Å². The van der Waals surface area contributed by atoms with Crippen molar-refractivity contribution in [2.75, 3.05) is 0 Å². The largest absolute Gasteiger partial charge is 1.00 e. The molecule has 0 fully saturated rings. The minimum atomic E-state index is 0. The molecule has 28 valence electrons. The third-order valence-corrected chi connectivity index (χ3v) is 0.324. The summed E-state index contributed by atoms with van der Waals surface area (Å²) in [7, 11) is 0. The van der Waals surface area contributed by atoms with Crippen molar-refractivity contribution in [2.24, 2.45) is 0 Å². The quantitative estimate of drug-likeness (QED) is 0.256. The van der Waals surface area contributed by atoms with Gasteiger partial charge in [-0.1, -0.05) is 0 Å². The molecule has 0 unspecified atom stereocenters. The van der Waals surface area contributed by atoms with E-state index in [9.17, 15) is 0 Å². The van der Waals surface area contributed by atoms with Crippen molar-refractivity contribution in [2.45, 2.75) is 0 Å². The Morgan fingerprint density at radius 2 is 1.67 bits per heavy atom. The summed E-state index contributed by atoms with van der Waals surface area (Å²) < 4.78 is 8.83. The first-order valence-electron chi connectivity index (χ1n) is 1.28. The molecule has 0 saturated heterocycles. The van der Waals surface area contributed by atoms with Gasteiger partial charge in [0.25, 0.3) is 0 Å². The van der Waals surface area contributed by atoms with E-state index in [-0.39, 0.29) is 51.4 Å². The number of ether oxygens (including phenoxy) is 2. The van der Waals surface area contributed by atoms with Crippen LogP contribution in [0.3, 0.4) is 0 Å². The van der Waals surface area contributed by atoms with Gasteiger partial charge >= 0.3 is 51.4 Å². The standard InChI is InChI=1S/C3H3O2.K/c1-2-5-3-4-1;/h1-3H;/q-1;+1. The van der Waals surface area contributed by atoms with Crippen LogP contribution in [-0.4, -0.2) is 0 Å². The molecule has 0 bridgehead atoms. The van der Waals surface area contributed by atoms with Gasteiger partial charge in [0.1, 0.15) is 0 Å². The second kappa shape index (κ2) is 4.14. The summed E-state index contributed by atoms with van der Waals surface area (Å²) in [6.45, 7) is 1.25. The maximum atomic E-state index is 4.42. The second-order valence-electron chi connectivity index (χ2n) is 0.641. The SMILES string of the molecule is C1=CO[CH-]O1.[K+]. The Bertz CT molecular complexity index is 46.8. The van der Waals surface area contributed by atoms with E-state index >= 15 is 0 Å². The van der Waals surface area contributed by atoms with E-state index in [2.05, 4.69) is 9.47 Å². The summed E-state index contributed by atoms with van der Waals surface area (Å²) in [5, 5.41) is 0. The Morgan fingerprint density at radius 3 is 1.83 bits per heavy atom. The molecule has 0 saturated carbocycles. The van der Waals surface area contributed by atoms with Crippen LogP contribution >= 0.6 is 0 Å². The maximum absolute atomic E-state index is 4.42. The third kappa shape index (κ3) is 2.20. The van der Waals surface area contributed by atoms with Crippen LogP contribution in [0.25, 0.3) is 0 Å². The molecule has 0 aromatic heterocycles. The topological polar surface area (TPSA) is 18.5 Å². The van der Waals surface area contributed by atoms with E-state index in [4.69, 9.17) is 0 Å². The Balaban J connectivity index is 0.000000250. The average molecular weight is 110 g/mol. The van der Waals surface area contributed by atoms with Crippen molar-refractivity contribution in [1.29, 1.82) is 0 Å². The number of rotatable bonds is 0. The van der Waals surface area contributed by atoms with Crippen molar-refractivity contribution in [3.8, 4) is 0 Å². The fourth-order valence-electron chi connectivity index (χ4n) is 0.160. The predicted molar refractivity (Wildman–Crippen MR) is 15.6 cm³/mol. The predicted octanol–water partition coefficient (Wildman–Crippen LogP) is -2.37. The van der Waals surface area contributed by atoms with Crippen LogP contribution in [0.2, 0.25) is 0 Å². The molecule has 0 aliphatic carbocycles. The van der Waals surface area contributed by atoms with Crippen molar-refractivity contribution in [3.63, 3.8) is 0 Å². The molecule has 1 heterocycles. The van der Waals surface area contributed by atoms with E-state index in [1.165, 1.54) is 19.3 Å². The van der Waals surface area contributed by atoms with Crippen LogP contribution in [0, 0.1) is 6.79 Å². The van der Waals surface area contributed by atoms with Crippen molar-refractivity contribution in [1.82, 2.24) is 0 Å². The molecular formula is C3H3KO2. The molecule has 0 aromatic rings. The fourth-order valence-corrected chi connectivity index (χ4v) is 0.160. The minimum absolute atomic E-state index is 0. The van der Waals surface area contributed by atoms with Gasteiger partial charge in [0.05, 0.1) is 12.5 Å². The van der Waals surface area contributed by atoms with Crippen molar-refractivity contribution >= 4 is 0 Å². The third-order valence-electron chi connectivity index (χ3n) is 0.324. The van der Waals surface area contributed by atoms with Crippen LogP contribution in [0.4, 0.5) is 0 Å². The van der Waals surface area contributed by atoms with E-state index in [0.717, 1.165) is 0 Å². The molecule has 3 heteroatoms. The van der Waals surface area contributed by atoms with E-state index in [0.29, 0.717) is 0 Å². The van der Waals surface area contributed by atoms with Crippen molar-refractivity contribution in [3.05, 3.63) is 19.3 Å². The Kier molecular flexibility index (Phi) is 4.82. The van der Waals surface area contributed by atoms with E-state index < -0.39 is 0 Å². The number of hydrogen-bond donors (Lipinski definition) is 0. The molecule has 0 aromatic carbocycles. The molecule has 6 heavy (non-hydrogen) atoms. The van der Waals surface area contributed by atoms with Gasteiger partial charge < -0.3 is 9.47 Å². The van der Waals surface area contributed by atoms with Gasteiger partial charge in [-0.3, -0.25) is 0 Å². The summed E-state index contributed by atoms with van der Waals surface area (Å²) in [4.78, 5) is 0. The molecule has 0 amide bonds. The zero-order chi connectivity index (χ0) is 3.54. The van der Waals surface area contributed by atoms with Crippen LogP contribution in [-0.2, 0) is 9.47 Å². The van der Waals surface area contributed by atoms with E-state index in [1.54, 1.807) is 0 Å². The van der Waals surface area contributed by atoms with Crippen LogP contribution in [0.5, 0.6) is 0 Å². The van der Waals surface area contributed by atoms with Gasteiger partial charge in [0.15, 0.2) is 0 Å². The molecule has 0 atom stereocenters. The molecule has 1 aliphatic heterocycles. The smallest absolute Gasteiger partial charge is 0.626 e. The number of hydrogen-bond acceptors (Lipinski definition) is 2. The van der Waals surface area contributed by atoms with Crippen molar-refractivity contribution < 1.29 is 60.9 Å². The average Bonchev–Trinajstić information content (AvgIpc) is 1.76. The van der Waals surface area contributed by atoms with Gasteiger partial charge in [0, 0.05) is 6.79 Å². The first kappa shape index (κ1) is 6.98. The molecule has 0 radical (unpaired) electrons. The Labute approximate surface area is 78.9 Å². The molecule has 1 rings (SSSR count). The fraction of sp³-hybridized carbons (Fsp3) is 0. The first-order valence-corrected chi connectivity index (χ1v) is 1.28. The molecular weight excluding hydrogens is 107 g/mol. The van der Waals surface area contributed by atoms with Gasteiger partial charge in [-0.2, -0.15) is 0 Å². The zero-order valence-corrected chi connectivity index (χ0v) is 6.67. The van der Waals surface area contributed by atoms with Gasteiger partial charge in [-0.15, -0.1) is 0 Å². The summed E-state index contributed by atoms with van der Waals surface area (Å²) in [6, 6.07) is 0. The Hall–Kier alpha value is 0.976. The van der Waals surface area contributed by atoms with Crippen LogP contribution in [0.15, 0.2) is 12.5 Å². The minimum Gasteiger partial charge on any atom is -0.626 e. The summed E-state index contributed by atoms with van der Waals surface area (Å²) in [6.07, 6.45) is 2.92. The Morgan fingerprint density at radius 1 is 1.17 bits per heavy atom. The molecule has 0 spiro atoms. The van der Waals surface area contributed by atoms with Gasteiger partial charge in [0.2, 0.25) is 0 Å². The molecule has 0 N–H and O–H groups in total. The van der Waals surface area contributed by atoms with E-state index in [1.807, 2.05) is 0 Å². The molecule has 2 nitrogen and oxygen atoms in total. The summed E-state index contributed by atoms with van der Waals surface area (Å²) in [5.41, 5.74) is 0. The van der Waals surface area contributed by atoms with Crippen LogP contribution < -0.4 is 51.4 Å². The molecule has 1 aliphatic rings. The second-order valence-corrected chi connectivity index (χ2v) is 0.641. The zero-order valence-electron chi connectivity index (χ0n) is 3.55. The van der Waals surface area contributed by atoms with Crippen LogP contribution in [0.1, 0.15) is 0 Å². The summed E-state index contributed by atoms with van der Waals surface area (Å²) in [5.74, 6) is 0. The summed E-state index contributed by atoms with van der Waals surface area (Å²) >= 11 is 0. The first-order chi connectivity index (χ1) is 2.50. The maximum Gasteiger partial charge on any atom is 1.00 e. The normalized spacial score (nSPS) is 14.7. The monoisotopic (exact) mass is 110 g/mol.